The lowest BCUT2D eigenvalue weighted by Crippen LogP contribution is -2.17. The van der Waals surface area contributed by atoms with Crippen LogP contribution in [0.1, 0.15) is 10.4 Å². The number of hydrogen-bond donors (Lipinski definition) is 1. The van der Waals surface area contributed by atoms with Crippen molar-refractivity contribution in [2.75, 3.05) is 26.2 Å². The molecule has 0 saturated carbocycles. The van der Waals surface area contributed by atoms with Crippen LogP contribution in [0.5, 0.6) is 11.5 Å². The highest BCUT2D eigenvalue weighted by Gasteiger charge is 2.20. The molecule has 2 N–H and O–H groups in total. The van der Waals surface area contributed by atoms with E-state index in [0.717, 1.165) is 0 Å². The number of hydrogen-bond acceptors (Lipinski definition) is 5. The zero-order chi connectivity index (χ0) is 13.8. The highest BCUT2D eigenvalue weighted by atomic mass is 35.5. The van der Waals surface area contributed by atoms with E-state index in [2.05, 4.69) is 4.99 Å². The van der Waals surface area contributed by atoms with E-state index in [1.807, 2.05) is 0 Å². The number of methoxy groups -OCH3 is 1. The molecular weight excluding hydrogens is 272 g/mol. The molecule has 0 bridgehead atoms. The summed E-state index contributed by atoms with van der Waals surface area (Å²) in [5.74, 6) is 0.728. The van der Waals surface area contributed by atoms with Gasteiger partial charge in [0.05, 0.1) is 24.2 Å². The Balaban J connectivity index is 2.52. The summed E-state index contributed by atoms with van der Waals surface area (Å²) in [5.41, 5.74) is 6.18. The second-order valence-electron chi connectivity index (χ2n) is 3.74. The fourth-order valence-electron chi connectivity index (χ4n) is 1.63. The Hall–Kier alpha value is -1.95. The van der Waals surface area contributed by atoms with Gasteiger partial charge in [0.15, 0.2) is 11.5 Å². The summed E-state index contributed by atoms with van der Waals surface area (Å²) in [5, 5.41) is 0. The molecule has 1 heterocycles. The average molecular weight is 285 g/mol. The molecule has 6 nitrogen and oxygen atoms in total. The van der Waals surface area contributed by atoms with E-state index in [0.29, 0.717) is 30.4 Å². The van der Waals surface area contributed by atoms with Crippen LogP contribution >= 0.6 is 11.6 Å². The maximum Gasteiger partial charge on any atom is 0.340 e. The standard InChI is InChI=1S/C12H13ClN2O4/c1-17-12(16)7-4-9-10(19-3-2-18-9)5-8(7)15-11(14)6-13/h4-5H,2-3,6H2,1H3,(H2,14,15). The second-order valence-corrected chi connectivity index (χ2v) is 4.01. The van der Waals surface area contributed by atoms with Crippen LogP contribution in [0.25, 0.3) is 0 Å². The molecule has 1 aromatic rings. The first-order valence-corrected chi connectivity index (χ1v) is 6.10. The minimum Gasteiger partial charge on any atom is -0.486 e. The van der Waals surface area contributed by atoms with Gasteiger partial charge in [0, 0.05) is 12.1 Å². The Morgan fingerprint density at radius 2 is 2.05 bits per heavy atom. The van der Waals surface area contributed by atoms with Crippen molar-refractivity contribution in [1.29, 1.82) is 0 Å². The summed E-state index contributed by atoms with van der Waals surface area (Å²) in [6.07, 6.45) is 0. The highest BCUT2D eigenvalue weighted by Crippen LogP contribution is 2.37. The molecule has 0 saturated heterocycles. The third-order valence-corrected chi connectivity index (χ3v) is 2.74. The monoisotopic (exact) mass is 284 g/mol. The van der Waals surface area contributed by atoms with Crippen LogP contribution in [0.3, 0.4) is 0 Å². The van der Waals surface area contributed by atoms with Crippen molar-refractivity contribution in [2.24, 2.45) is 10.7 Å². The van der Waals surface area contributed by atoms with Gasteiger partial charge in [-0.05, 0) is 0 Å². The van der Waals surface area contributed by atoms with Crippen LogP contribution in [-0.2, 0) is 4.74 Å². The number of nitrogens with two attached hydrogens (primary N) is 1. The minimum absolute atomic E-state index is 0.0645. The third-order valence-electron chi connectivity index (χ3n) is 2.47. The SMILES string of the molecule is COC(=O)c1cc2c(cc1N=C(N)CCl)OCCO2. The Kier molecular flexibility index (Phi) is 4.11. The molecule has 1 aromatic carbocycles. The molecule has 7 heteroatoms. The number of esters is 1. The van der Waals surface area contributed by atoms with Crippen molar-refractivity contribution in [1.82, 2.24) is 0 Å². The van der Waals surface area contributed by atoms with Crippen LogP contribution in [0.2, 0.25) is 0 Å². The Bertz CT molecular complexity index is 531. The molecule has 0 unspecified atom stereocenters. The van der Waals surface area contributed by atoms with Gasteiger partial charge in [-0.25, -0.2) is 9.79 Å². The second kappa shape index (κ2) is 5.79. The van der Waals surface area contributed by atoms with Crippen molar-refractivity contribution in [2.45, 2.75) is 0 Å². The van der Waals surface area contributed by atoms with Crippen molar-refractivity contribution >= 4 is 29.1 Å². The first-order valence-electron chi connectivity index (χ1n) is 5.56. The zero-order valence-corrected chi connectivity index (χ0v) is 11.1. The van der Waals surface area contributed by atoms with E-state index in [4.69, 9.17) is 31.5 Å². The molecule has 1 aliphatic heterocycles. The quantitative estimate of drug-likeness (QED) is 0.393. The number of carbonyl (C=O) groups excluding carboxylic acids is 1. The van der Waals surface area contributed by atoms with Gasteiger partial charge in [-0.3, -0.25) is 0 Å². The van der Waals surface area contributed by atoms with Crippen LogP contribution in [0.4, 0.5) is 5.69 Å². The molecule has 1 aliphatic rings. The molecule has 0 atom stereocenters. The number of alkyl halides is 1. The van der Waals surface area contributed by atoms with E-state index < -0.39 is 5.97 Å². The Morgan fingerprint density at radius 3 is 2.63 bits per heavy atom. The summed E-state index contributed by atoms with van der Waals surface area (Å²) in [6.45, 7) is 0.874. The molecule has 102 valence electrons. The van der Waals surface area contributed by atoms with Gasteiger partial charge in [-0.15, -0.1) is 11.6 Å². The number of amidine groups is 1. The lowest BCUT2D eigenvalue weighted by Gasteiger charge is -2.19. The van der Waals surface area contributed by atoms with Gasteiger partial charge in [0.2, 0.25) is 0 Å². The molecule has 0 spiro atoms. The van der Waals surface area contributed by atoms with E-state index >= 15 is 0 Å². The molecule has 0 aromatic heterocycles. The van der Waals surface area contributed by atoms with Gasteiger partial charge in [-0.2, -0.15) is 0 Å². The number of fused-ring (bicyclic) bond motifs is 1. The van der Waals surface area contributed by atoms with Crippen LogP contribution < -0.4 is 15.2 Å². The molecule has 0 radical (unpaired) electrons. The molecule has 2 rings (SSSR count). The summed E-state index contributed by atoms with van der Waals surface area (Å²) >= 11 is 5.58. The first kappa shape index (κ1) is 13.5. The fraction of sp³-hybridized carbons (Fsp3) is 0.333. The van der Waals surface area contributed by atoms with E-state index in [-0.39, 0.29) is 17.3 Å². The first-order chi connectivity index (χ1) is 9.15. The number of aliphatic imine (C=N–C) groups is 1. The van der Waals surface area contributed by atoms with Crippen LogP contribution in [0, 0.1) is 0 Å². The predicted octanol–water partition coefficient (Wildman–Crippen LogP) is 1.47. The van der Waals surface area contributed by atoms with Crippen LogP contribution in [0.15, 0.2) is 17.1 Å². The van der Waals surface area contributed by atoms with Crippen molar-refractivity contribution in [3.63, 3.8) is 0 Å². The maximum atomic E-state index is 11.7. The van der Waals surface area contributed by atoms with Crippen molar-refractivity contribution in [3.05, 3.63) is 17.7 Å². The van der Waals surface area contributed by atoms with E-state index in [1.54, 1.807) is 6.07 Å². The minimum atomic E-state index is -0.530. The number of benzene rings is 1. The van der Waals surface area contributed by atoms with E-state index in [9.17, 15) is 4.79 Å². The number of carbonyl (C=O) groups is 1. The van der Waals surface area contributed by atoms with E-state index in [1.165, 1.54) is 13.2 Å². The molecule has 19 heavy (non-hydrogen) atoms. The Morgan fingerprint density at radius 1 is 1.42 bits per heavy atom. The molecule has 0 fully saturated rings. The highest BCUT2D eigenvalue weighted by molar-refractivity contribution is 6.28. The molecular formula is C12H13ClN2O4. The van der Waals surface area contributed by atoms with Crippen molar-refractivity contribution < 1.29 is 19.0 Å². The lowest BCUT2D eigenvalue weighted by atomic mass is 10.1. The smallest absolute Gasteiger partial charge is 0.340 e. The van der Waals surface area contributed by atoms with Gasteiger partial charge >= 0.3 is 5.97 Å². The predicted molar refractivity (Wildman–Crippen MR) is 70.8 cm³/mol. The third kappa shape index (κ3) is 2.90. The van der Waals surface area contributed by atoms with Gasteiger partial charge in [0.1, 0.15) is 19.0 Å². The maximum absolute atomic E-state index is 11.7. The summed E-state index contributed by atoms with van der Waals surface area (Å²) in [6, 6.07) is 3.11. The van der Waals surface area contributed by atoms with Crippen molar-refractivity contribution in [3.8, 4) is 11.5 Å². The summed E-state index contributed by atoms with van der Waals surface area (Å²) < 4.78 is 15.5. The lowest BCUT2D eigenvalue weighted by molar-refractivity contribution is 0.0600. The van der Waals surface area contributed by atoms with Gasteiger partial charge in [0.25, 0.3) is 0 Å². The largest absolute Gasteiger partial charge is 0.486 e. The van der Waals surface area contributed by atoms with Gasteiger partial charge < -0.3 is 19.9 Å². The topological polar surface area (TPSA) is 83.1 Å². The van der Waals surface area contributed by atoms with Gasteiger partial charge in [-0.1, -0.05) is 0 Å². The number of ether oxygens (including phenoxy) is 3. The molecule has 0 amide bonds. The fourth-order valence-corrected chi connectivity index (χ4v) is 1.69. The number of halogens is 1. The average Bonchev–Trinajstić information content (AvgIpc) is 2.45. The zero-order valence-electron chi connectivity index (χ0n) is 10.3. The van der Waals surface area contributed by atoms with Crippen LogP contribution in [-0.4, -0.2) is 38.0 Å². The normalized spacial score (nSPS) is 14.1. The number of rotatable bonds is 3. The summed E-state index contributed by atoms with van der Waals surface area (Å²) in [4.78, 5) is 15.8. The molecule has 0 aliphatic carbocycles. The summed E-state index contributed by atoms with van der Waals surface area (Å²) in [7, 11) is 1.29. The Labute approximate surface area is 115 Å². The number of nitrogens with zero attached hydrogens (tertiary/aromatic N) is 1.